The number of carbonyl (C=O) groups excluding carboxylic acids is 2. The Kier molecular flexibility index (Phi) is 5.63. The maximum absolute atomic E-state index is 12.5. The van der Waals surface area contributed by atoms with Crippen LogP contribution in [-0.4, -0.2) is 55.7 Å². The van der Waals surface area contributed by atoms with Gasteiger partial charge < -0.3 is 25.0 Å². The Balaban J connectivity index is 1.45. The molecule has 1 aromatic carbocycles. The molecular weight excluding hydrogens is 322 g/mol. The van der Waals surface area contributed by atoms with Gasteiger partial charge in [-0.15, -0.1) is 0 Å². The number of carbonyl (C=O) groups is 2. The zero-order valence-corrected chi connectivity index (χ0v) is 14.5. The fourth-order valence-electron chi connectivity index (χ4n) is 3.50. The highest BCUT2D eigenvalue weighted by atomic mass is 16.5. The minimum Gasteiger partial charge on any atom is -0.497 e. The SMILES string of the molecule is COc1ccc(OCCNC(=O)N2CC(=O)NC3CCCCC32)cc1. The Morgan fingerprint density at radius 1 is 1.24 bits per heavy atom. The van der Waals surface area contributed by atoms with Gasteiger partial charge in [-0.05, 0) is 37.1 Å². The Morgan fingerprint density at radius 3 is 2.72 bits per heavy atom. The number of hydrogen-bond donors (Lipinski definition) is 2. The summed E-state index contributed by atoms with van der Waals surface area (Å²) in [5.74, 6) is 1.42. The molecule has 3 rings (SSSR count). The zero-order valence-electron chi connectivity index (χ0n) is 14.5. The van der Waals surface area contributed by atoms with Crippen molar-refractivity contribution in [1.82, 2.24) is 15.5 Å². The van der Waals surface area contributed by atoms with E-state index in [0.717, 1.165) is 37.2 Å². The minimum atomic E-state index is -0.190. The molecule has 1 saturated heterocycles. The van der Waals surface area contributed by atoms with E-state index in [1.165, 1.54) is 0 Å². The van der Waals surface area contributed by atoms with Gasteiger partial charge in [0.1, 0.15) is 24.7 Å². The number of nitrogens with zero attached hydrogens (tertiary/aromatic N) is 1. The standard InChI is InChI=1S/C18H25N3O4/c1-24-13-6-8-14(9-7-13)25-11-10-19-18(23)21-12-17(22)20-15-4-2-3-5-16(15)21/h6-9,15-16H,2-5,10-12H2,1H3,(H,19,23)(H,20,22). The Labute approximate surface area is 147 Å². The number of amides is 3. The quantitative estimate of drug-likeness (QED) is 0.792. The van der Waals surface area contributed by atoms with E-state index >= 15 is 0 Å². The summed E-state index contributed by atoms with van der Waals surface area (Å²) in [6, 6.07) is 7.30. The molecule has 2 N–H and O–H groups in total. The molecule has 1 aliphatic heterocycles. The smallest absolute Gasteiger partial charge is 0.318 e. The molecule has 1 aromatic rings. The largest absolute Gasteiger partial charge is 0.497 e. The fourth-order valence-corrected chi connectivity index (χ4v) is 3.50. The van der Waals surface area contributed by atoms with Crippen LogP contribution in [0.2, 0.25) is 0 Å². The molecule has 25 heavy (non-hydrogen) atoms. The van der Waals surface area contributed by atoms with E-state index in [1.807, 2.05) is 24.3 Å². The first-order chi connectivity index (χ1) is 12.2. The number of fused-ring (bicyclic) bond motifs is 1. The Bertz CT molecular complexity index is 605. The second kappa shape index (κ2) is 8.09. The lowest BCUT2D eigenvalue weighted by Crippen LogP contribution is -2.64. The third-order valence-electron chi connectivity index (χ3n) is 4.76. The molecule has 3 amide bonds. The van der Waals surface area contributed by atoms with Gasteiger partial charge >= 0.3 is 6.03 Å². The summed E-state index contributed by atoms with van der Waals surface area (Å²) >= 11 is 0. The molecule has 136 valence electrons. The third-order valence-corrected chi connectivity index (χ3v) is 4.76. The maximum Gasteiger partial charge on any atom is 0.318 e. The van der Waals surface area contributed by atoms with Gasteiger partial charge in [0.2, 0.25) is 5.91 Å². The summed E-state index contributed by atoms with van der Waals surface area (Å²) in [7, 11) is 1.61. The van der Waals surface area contributed by atoms with Crippen LogP contribution in [0.3, 0.4) is 0 Å². The highest BCUT2D eigenvalue weighted by Gasteiger charge is 2.38. The van der Waals surface area contributed by atoms with Crippen LogP contribution in [0, 0.1) is 0 Å². The van der Waals surface area contributed by atoms with Crippen molar-refractivity contribution in [1.29, 1.82) is 0 Å². The zero-order chi connectivity index (χ0) is 17.6. The van der Waals surface area contributed by atoms with Crippen molar-refractivity contribution < 1.29 is 19.1 Å². The maximum atomic E-state index is 12.5. The van der Waals surface area contributed by atoms with E-state index in [2.05, 4.69) is 10.6 Å². The number of piperazine rings is 1. The van der Waals surface area contributed by atoms with Crippen LogP contribution >= 0.6 is 0 Å². The lowest BCUT2D eigenvalue weighted by Gasteiger charge is -2.43. The molecule has 0 bridgehead atoms. The third kappa shape index (κ3) is 4.35. The van der Waals surface area contributed by atoms with Gasteiger partial charge in [-0.2, -0.15) is 0 Å². The molecule has 0 aromatic heterocycles. The summed E-state index contributed by atoms with van der Waals surface area (Å²) in [4.78, 5) is 26.0. The van der Waals surface area contributed by atoms with E-state index in [-0.39, 0.29) is 30.6 Å². The van der Waals surface area contributed by atoms with Crippen LogP contribution in [0.5, 0.6) is 11.5 Å². The lowest BCUT2D eigenvalue weighted by atomic mass is 9.87. The Morgan fingerprint density at radius 2 is 1.96 bits per heavy atom. The predicted octanol–water partition coefficient (Wildman–Crippen LogP) is 1.53. The van der Waals surface area contributed by atoms with Crippen molar-refractivity contribution in [3.63, 3.8) is 0 Å². The van der Waals surface area contributed by atoms with Crippen molar-refractivity contribution in [2.45, 2.75) is 37.8 Å². The van der Waals surface area contributed by atoms with Crippen molar-refractivity contribution >= 4 is 11.9 Å². The Hall–Kier alpha value is -2.44. The summed E-state index contributed by atoms with van der Waals surface area (Å²) in [6.45, 7) is 0.888. The first-order valence-corrected chi connectivity index (χ1v) is 8.78. The van der Waals surface area contributed by atoms with Gasteiger partial charge in [-0.25, -0.2) is 4.79 Å². The summed E-state index contributed by atoms with van der Waals surface area (Å²) in [5, 5.41) is 5.86. The molecule has 2 unspecified atom stereocenters. The van der Waals surface area contributed by atoms with E-state index in [9.17, 15) is 9.59 Å². The monoisotopic (exact) mass is 347 g/mol. The van der Waals surface area contributed by atoms with Crippen LogP contribution in [0.1, 0.15) is 25.7 Å². The molecule has 2 atom stereocenters. The van der Waals surface area contributed by atoms with Crippen molar-refractivity contribution in [2.75, 3.05) is 26.8 Å². The van der Waals surface area contributed by atoms with Crippen LogP contribution in [0.25, 0.3) is 0 Å². The molecule has 7 heteroatoms. The van der Waals surface area contributed by atoms with Gasteiger partial charge in [-0.1, -0.05) is 12.8 Å². The number of hydrogen-bond acceptors (Lipinski definition) is 4. The lowest BCUT2D eigenvalue weighted by molar-refractivity contribution is -0.126. The fraction of sp³-hybridized carbons (Fsp3) is 0.556. The van der Waals surface area contributed by atoms with E-state index in [0.29, 0.717) is 13.2 Å². The van der Waals surface area contributed by atoms with Crippen LogP contribution < -0.4 is 20.1 Å². The molecule has 0 spiro atoms. The molecule has 2 aliphatic rings. The first-order valence-electron chi connectivity index (χ1n) is 8.78. The predicted molar refractivity (Wildman–Crippen MR) is 92.8 cm³/mol. The number of benzene rings is 1. The van der Waals surface area contributed by atoms with Crippen molar-refractivity contribution in [2.24, 2.45) is 0 Å². The normalized spacial score (nSPS) is 22.6. The molecule has 1 saturated carbocycles. The van der Waals surface area contributed by atoms with Crippen molar-refractivity contribution in [3.05, 3.63) is 24.3 Å². The van der Waals surface area contributed by atoms with Gasteiger partial charge in [0.25, 0.3) is 0 Å². The number of ether oxygens (including phenoxy) is 2. The topological polar surface area (TPSA) is 79.9 Å². The van der Waals surface area contributed by atoms with Gasteiger partial charge in [-0.3, -0.25) is 4.79 Å². The number of rotatable bonds is 5. The van der Waals surface area contributed by atoms with E-state index in [1.54, 1.807) is 12.0 Å². The minimum absolute atomic E-state index is 0.0761. The molecular formula is C18H25N3O4. The van der Waals surface area contributed by atoms with Crippen LogP contribution in [0.15, 0.2) is 24.3 Å². The van der Waals surface area contributed by atoms with Gasteiger partial charge in [0.15, 0.2) is 0 Å². The van der Waals surface area contributed by atoms with E-state index < -0.39 is 0 Å². The van der Waals surface area contributed by atoms with Gasteiger partial charge in [0, 0.05) is 6.04 Å². The summed E-state index contributed by atoms with van der Waals surface area (Å²) in [5.41, 5.74) is 0. The first kappa shape index (κ1) is 17.4. The number of urea groups is 1. The molecule has 1 aliphatic carbocycles. The van der Waals surface area contributed by atoms with Crippen LogP contribution in [0.4, 0.5) is 4.79 Å². The molecule has 1 heterocycles. The summed E-state index contributed by atoms with van der Waals surface area (Å²) < 4.78 is 10.7. The van der Waals surface area contributed by atoms with E-state index in [4.69, 9.17) is 9.47 Å². The molecule has 0 radical (unpaired) electrons. The summed E-state index contributed by atoms with van der Waals surface area (Å²) in [6.07, 6.45) is 4.09. The molecule has 2 fully saturated rings. The number of nitrogens with one attached hydrogen (secondary N) is 2. The number of methoxy groups -OCH3 is 1. The average Bonchev–Trinajstić information content (AvgIpc) is 2.64. The highest BCUT2D eigenvalue weighted by Crippen LogP contribution is 2.25. The van der Waals surface area contributed by atoms with Crippen molar-refractivity contribution in [3.8, 4) is 11.5 Å². The highest BCUT2D eigenvalue weighted by molar-refractivity contribution is 5.86. The van der Waals surface area contributed by atoms with Gasteiger partial charge in [0.05, 0.1) is 19.7 Å². The second-order valence-electron chi connectivity index (χ2n) is 6.41. The average molecular weight is 347 g/mol. The second-order valence-corrected chi connectivity index (χ2v) is 6.41. The van der Waals surface area contributed by atoms with Crippen LogP contribution in [-0.2, 0) is 4.79 Å². The molecule has 7 nitrogen and oxygen atoms in total.